The van der Waals surface area contributed by atoms with Crippen LogP contribution in [0.25, 0.3) is 0 Å². The third-order valence-electron chi connectivity index (χ3n) is 2.30. The Balaban J connectivity index is 2.56. The first-order valence-electron chi connectivity index (χ1n) is 5.67. The first-order chi connectivity index (χ1) is 8.02. The van der Waals surface area contributed by atoms with Crippen LogP contribution in [0.15, 0.2) is 18.2 Å². The lowest BCUT2D eigenvalue weighted by molar-refractivity contribution is 0.0878. The van der Waals surface area contributed by atoms with Crippen LogP contribution in [0.3, 0.4) is 0 Å². The molecular formula is C13H19FO3. The van der Waals surface area contributed by atoms with Crippen molar-refractivity contribution in [3.8, 4) is 11.5 Å². The van der Waals surface area contributed by atoms with Gasteiger partial charge in [-0.15, -0.1) is 0 Å². The van der Waals surface area contributed by atoms with Crippen LogP contribution in [-0.2, 0) is 0 Å². The molecule has 0 saturated carbocycles. The largest absolute Gasteiger partial charge is 0.493 e. The molecule has 0 aromatic heterocycles. The Morgan fingerprint density at radius 2 is 2.00 bits per heavy atom. The van der Waals surface area contributed by atoms with E-state index >= 15 is 0 Å². The molecule has 96 valence electrons. The highest BCUT2D eigenvalue weighted by Crippen LogP contribution is 2.27. The van der Waals surface area contributed by atoms with Gasteiger partial charge in [-0.2, -0.15) is 0 Å². The van der Waals surface area contributed by atoms with Crippen molar-refractivity contribution in [1.82, 2.24) is 0 Å². The molecule has 0 aliphatic rings. The lowest BCUT2D eigenvalue weighted by Crippen LogP contribution is -2.19. The Kier molecular flexibility index (Phi) is 5.22. The average molecular weight is 242 g/mol. The van der Waals surface area contributed by atoms with E-state index < -0.39 is 6.10 Å². The van der Waals surface area contributed by atoms with E-state index in [1.807, 2.05) is 13.8 Å². The minimum absolute atomic E-state index is 0.181. The summed E-state index contributed by atoms with van der Waals surface area (Å²) in [6.45, 7) is 4.24. The zero-order chi connectivity index (χ0) is 12.8. The maximum absolute atomic E-state index is 12.9. The normalized spacial score (nSPS) is 12.6. The quantitative estimate of drug-likeness (QED) is 0.833. The summed E-state index contributed by atoms with van der Waals surface area (Å²) in [6.07, 6.45) is 0.147. The van der Waals surface area contributed by atoms with Crippen LogP contribution in [0.5, 0.6) is 11.5 Å². The van der Waals surface area contributed by atoms with Crippen LogP contribution in [0, 0.1) is 11.7 Å². The van der Waals surface area contributed by atoms with Gasteiger partial charge in [0, 0.05) is 6.07 Å². The molecule has 0 fully saturated rings. The van der Waals surface area contributed by atoms with Crippen LogP contribution in [0.1, 0.15) is 20.3 Å². The Bertz CT molecular complexity index is 353. The Labute approximate surface area is 101 Å². The molecule has 1 aromatic carbocycles. The first kappa shape index (κ1) is 13.8. The molecule has 4 heteroatoms. The smallest absolute Gasteiger partial charge is 0.163 e. The summed E-state index contributed by atoms with van der Waals surface area (Å²) < 4.78 is 23.3. The van der Waals surface area contributed by atoms with Gasteiger partial charge in [0.1, 0.15) is 12.4 Å². The molecule has 1 unspecified atom stereocenters. The molecule has 17 heavy (non-hydrogen) atoms. The predicted octanol–water partition coefficient (Wildman–Crippen LogP) is 2.62. The van der Waals surface area contributed by atoms with Crippen molar-refractivity contribution >= 4 is 0 Å². The Hall–Kier alpha value is -1.29. The molecule has 1 rings (SSSR count). The topological polar surface area (TPSA) is 38.7 Å². The number of aliphatic hydroxyl groups is 1. The SMILES string of the molecule is COc1cc(F)ccc1OCC(O)CC(C)C. The second-order valence-corrected chi connectivity index (χ2v) is 4.39. The summed E-state index contributed by atoms with van der Waals surface area (Å²) in [5.74, 6) is 0.805. The number of ether oxygens (including phenoxy) is 2. The molecule has 0 aliphatic carbocycles. The minimum Gasteiger partial charge on any atom is -0.493 e. The molecule has 1 aromatic rings. The molecule has 0 radical (unpaired) electrons. The number of rotatable bonds is 6. The number of benzene rings is 1. The average Bonchev–Trinajstić information content (AvgIpc) is 2.26. The van der Waals surface area contributed by atoms with E-state index in [0.29, 0.717) is 23.8 Å². The van der Waals surface area contributed by atoms with Gasteiger partial charge in [0.2, 0.25) is 0 Å². The monoisotopic (exact) mass is 242 g/mol. The van der Waals surface area contributed by atoms with Gasteiger partial charge in [-0.05, 0) is 24.5 Å². The fourth-order valence-electron chi connectivity index (χ4n) is 1.56. The maximum Gasteiger partial charge on any atom is 0.163 e. The van der Waals surface area contributed by atoms with Crippen molar-refractivity contribution in [1.29, 1.82) is 0 Å². The second kappa shape index (κ2) is 6.45. The van der Waals surface area contributed by atoms with Crippen molar-refractivity contribution in [2.24, 2.45) is 5.92 Å². The number of halogens is 1. The molecule has 0 spiro atoms. The number of hydrogen-bond acceptors (Lipinski definition) is 3. The Morgan fingerprint density at radius 3 is 2.59 bits per heavy atom. The molecule has 0 amide bonds. The van der Waals surface area contributed by atoms with Gasteiger partial charge in [0.15, 0.2) is 11.5 Å². The maximum atomic E-state index is 12.9. The van der Waals surface area contributed by atoms with E-state index in [4.69, 9.17) is 9.47 Å². The highest BCUT2D eigenvalue weighted by molar-refractivity contribution is 5.39. The lowest BCUT2D eigenvalue weighted by atomic mass is 10.1. The van der Waals surface area contributed by atoms with Gasteiger partial charge in [-0.25, -0.2) is 4.39 Å². The highest BCUT2D eigenvalue weighted by atomic mass is 19.1. The molecular weight excluding hydrogens is 223 g/mol. The van der Waals surface area contributed by atoms with Crippen LogP contribution >= 0.6 is 0 Å². The van der Waals surface area contributed by atoms with Gasteiger partial charge >= 0.3 is 0 Å². The van der Waals surface area contributed by atoms with Crippen molar-refractivity contribution < 1.29 is 19.0 Å². The van der Waals surface area contributed by atoms with E-state index in [9.17, 15) is 9.50 Å². The standard InChI is InChI=1S/C13H19FO3/c1-9(2)6-11(15)8-17-12-5-4-10(14)7-13(12)16-3/h4-5,7,9,11,15H,6,8H2,1-3H3. The molecule has 1 atom stereocenters. The molecule has 0 heterocycles. The lowest BCUT2D eigenvalue weighted by Gasteiger charge is -2.15. The number of methoxy groups -OCH3 is 1. The van der Waals surface area contributed by atoms with Gasteiger partial charge in [-0.3, -0.25) is 0 Å². The van der Waals surface area contributed by atoms with E-state index in [0.717, 1.165) is 0 Å². The fraction of sp³-hybridized carbons (Fsp3) is 0.538. The van der Waals surface area contributed by atoms with Crippen LogP contribution in [-0.4, -0.2) is 24.9 Å². The van der Waals surface area contributed by atoms with Crippen molar-refractivity contribution in [2.75, 3.05) is 13.7 Å². The number of hydrogen-bond donors (Lipinski definition) is 1. The molecule has 1 N–H and O–H groups in total. The minimum atomic E-state index is -0.523. The third kappa shape index (κ3) is 4.61. The third-order valence-corrected chi connectivity index (χ3v) is 2.30. The fourth-order valence-corrected chi connectivity index (χ4v) is 1.56. The first-order valence-corrected chi connectivity index (χ1v) is 5.67. The Morgan fingerprint density at radius 1 is 1.29 bits per heavy atom. The summed E-state index contributed by atoms with van der Waals surface area (Å²) in [5.41, 5.74) is 0. The summed E-state index contributed by atoms with van der Waals surface area (Å²) in [4.78, 5) is 0. The molecule has 0 aliphatic heterocycles. The summed E-state index contributed by atoms with van der Waals surface area (Å²) in [6, 6.07) is 4.05. The number of aliphatic hydroxyl groups excluding tert-OH is 1. The van der Waals surface area contributed by atoms with Crippen molar-refractivity contribution in [2.45, 2.75) is 26.4 Å². The summed E-state index contributed by atoms with van der Waals surface area (Å²) in [5, 5.41) is 9.66. The van der Waals surface area contributed by atoms with Crippen molar-refractivity contribution in [3.63, 3.8) is 0 Å². The van der Waals surface area contributed by atoms with Gasteiger partial charge in [0.25, 0.3) is 0 Å². The molecule has 3 nitrogen and oxygen atoms in total. The van der Waals surface area contributed by atoms with E-state index in [1.54, 1.807) is 0 Å². The van der Waals surface area contributed by atoms with Gasteiger partial charge in [0.05, 0.1) is 13.2 Å². The molecule has 0 bridgehead atoms. The van der Waals surface area contributed by atoms with Crippen molar-refractivity contribution in [3.05, 3.63) is 24.0 Å². The van der Waals surface area contributed by atoms with Crippen LogP contribution < -0.4 is 9.47 Å². The zero-order valence-electron chi connectivity index (χ0n) is 10.4. The van der Waals surface area contributed by atoms with Crippen LogP contribution in [0.2, 0.25) is 0 Å². The van der Waals surface area contributed by atoms with Crippen LogP contribution in [0.4, 0.5) is 4.39 Å². The van der Waals surface area contributed by atoms with E-state index in [2.05, 4.69) is 0 Å². The highest BCUT2D eigenvalue weighted by Gasteiger charge is 2.10. The zero-order valence-corrected chi connectivity index (χ0v) is 10.4. The predicted molar refractivity (Wildman–Crippen MR) is 63.9 cm³/mol. The van der Waals surface area contributed by atoms with Gasteiger partial charge < -0.3 is 14.6 Å². The summed E-state index contributed by atoms with van der Waals surface area (Å²) >= 11 is 0. The second-order valence-electron chi connectivity index (χ2n) is 4.39. The van der Waals surface area contributed by atoms with E-state index in [-0.39, 0.29) is 12.4 Å². The summed E-state index contributed by atoms with van der Waals surface area (Å²) in [7, 11) is 1.45. The van der Waals surface area contributed by atoms with Gasteiger partial charge in [-0.1, -0.05) is 13.8 Å². The molecule has 0 saturated heterocycles. The van der Waals surface area contributed by atoms with E-state index in [1.165, 1.54) is 25.3 Å².